The van der Waals surface area contributed by atoms with Gasteiger partial charge in [0.05, 0.1) is 21.3 Å². The summed E-state index contributed by atoms with van der Waals surface area (Å²) in [6.45, 7) is 0. The summed E-state index contributed by atoms with van der Waals surface area (Å²) >= 11 is 4.59. The van der Waals surface area contributed by atoms with E-state index in [1.807, 2.05) is 0 Å². The van der Waals surface area contributed by atoms with Gasteiger partial charge in [0.25, 0.3) is 0 Å². The molecule has 1 aromatic heterocycles. The zero-order valence-electron chi connectivity index (χ0n) is 8.87. The Balaban J connectivity index is 2.46. The number of carbonyl (C=O) groups excluding carboxylic acids is 1. The average molecular weight is 315 g/mol. The quantitative estimate of drug-likeness (QED) is 0.803. The van der Waals surface area contributed by atoms with E-state index in [1.165, 1.54) is 36.6 Å². The molecule has 2 nitrogen and oxygen atoms in total. The van der Waals surface area contributed by atoms with Gasteiger partial charge in [-0.15, -0.1) is 11.3 Å². The van der Waals surface area contributed by atoms with E-state index < -0.39 is 5.82 Å². The van der Waals surface area contributed by atoms with Crippen LogP contribution in [-0.4, -0.2) is 12.9 Å². The summed E-state index contributed by atoms with van der Waals surface area (Å²) in [5.74, 6) is -0.317. The molecule has 0 saturated heterocycles. The molecular formula is C12H8BrFO2S. The highest BCUT2D eigenvalue weighted by Crippen LogP contribution is 2.28. The van der Waals surface area contributed by atoms with Gasteiger partial charge in [-0.05, 0) is 46.3 Å². The third-order valence-electron chi connectivity index (χ3n) is 2.20. The van der Waals surface area contributed by atoms with Crippen LogP contribution in [0.3, 0.4) is 0 Å². The Bertz CT molecular complexity index is 565. The van der Waals surface area contributed by atoms with Crippen molar-refractivity contribution in [1.29, 1.82) is 0 Å². The fraction of sp³-hybridized carbons (Fsp3) is 0.0833. The highest BCUT2D eigenvalue weighted by atomic mass is 79.9. The summed E-state index contributed by atoms with van der Waals surface area (Å²) in [6, 6.07) is 7.38. The van der Waals surface area contributed by atoms with Crippen LogP contribution in [0.15, 0.2) is 34.1 Å². The smallest absolute Gasteiger partial charge is 0.206 e. The lowest BCUT2D eigenvalue weighted by atomic mass is 10.1. The number of carbonyl (C=O) groups is 1. The van der Waals surface area contributed by atoms with Crippen LogP contribution < -0.4 is 4.74 Å². The minimum atomic E-state index is -0.454. The van der Waals surface area contributed by atoms with Crippen molar-refractivity contribution in [3.8, 4) is 5.75 Å². The first-order chi connectivity index (χ1) is 8.11. The van der Waals surface area contributed by atoms with Crippen molar-refractivity contribution >= 4 is 33.0 Å². The Hall–Kier alpha value is -1.20. The normalized spacial score (nSPS) is 10.3. The molecule has 5 heteroatoms. The second kappa shape index (κ2) is 4.98. The number of methoxy groups -OCH3 is 1. The van der Waals surface area contributed by atoms with Crippen molar-refractivity contribution in [1.82, 2.24) is 0 Å². The van der Waals surface area contributed by atoms with E-state index >= 15 is 0 Å². The molecular weight excluding hydrogens is 307 g/mol. The van der Waals surface area contributed by atoms with Gasteiger partial charge >= 0.3 is 0 Å². The number of benzene rings is 1. The van der Waals surface area contributed by atoms with Gasteiger partial charge in [0.1, 0.15) is 11.6 Å². The molecule has 0 aliphatic rings. The molecule has 0 bridgehead atoms. The molecule has 17 heavy (non-hydrogen) atoms. The molecule has 0 N–H and O–H groups in total. The van der Waals surface area contributed by atoms with Crippen LogP contribution in [0.5, 0.6) is 5.75 Å². The highest BCUT2D eigenvalue weighted by molar-refractivity contribution is 9.11. The third kappa shape index (κ3) is 2.56. The standard InChI is InChI=1S/C12H8BrFO2S/c1-16-9-3-2-7(14)6-8(9)12(15)10-4-5-11(13)17-10/h2-6H,1H3. The number of thiophene rings is 1. The molecule has 1 heterocycles. The van der Waals surface area contributed by atoms with Crippen LogP contribution in [0.4, 0.5) is 4.39 Å². The van der Waals surface area contributed by atoms with Crippen molar-refractivity contribution in [3.63, 3.8) is 0 Å². The predicted octanol–water partition coefficient (Wildman–Crippen LogP) is 3.89. The molecule has 0 aliphatic heterocycles. The van der Waals surface area contributed by atoms with Crippen molar-refractivity contribution in [2.45, 2.75) is 0 Å². The maximum absolute atomic E-state index is 13.2. The van der Waals surface area contributed by atoms with Gasteiger partial charge in [0.15, 0.2) is 0 Å². The highest BCUT2D eigenvalue weighted by Gasteiger charge is 2.17. The molecule has 0 amide bonds. The second-order valence-corrected chi connectivity index (χ2v) is 5.74. The van der Waals surface area contributed by atoms with Gasteiger partial charge in [0, 0.05) is 0 Å². The minimum absolute atomic E-state index is 0.238. The van der Waals surface area contributed by atoms with Crippen molar-refractivity contribution in [2.24, 2.45) is 0 Å². The number of hydrogen-bond donors (Lipinski definition) is 0. The Labute approximate surface area is 110 Å². The number of ketones is 1. The Morgan fingerprint density at radius 2 is 2.12 bits per heavy atom. The largest absolute Gasteiger partial charge is 0.496 e. The average Bonchev–Trinajstić information content (AvgIpc) is 2.75. The molecule has 0 unspecified atom stereocenters. The van der Waals surface area contributed by atoms with Crippen LogP contribution in [0.2, 0.25) is 0 Å². The molecule has 0 fully saturated rings. The van der Waals surface area contributed by atoms with E-state index in [0.717, 1.165) is 3.79 Å². The van der Waals surface area contributed by atoms with Crippen LogP contribution in [0.25, 0.3) is 0 Å². The fourth-order valence-corrected chi connectivity index (χ4v) is 2.77. The first-order valence-corrected chi connectivity index (χ1v) is 6.36. The van der Waals surface area contributed by atoms with Crippen molar-refractivity contribution in [2.75, 3.05) is 7.11 Å². The monoisotopic (exact) mass is 314 g/mol. The molecule has 2 aromatic rings. The van der Waals surface area contributed by atoms with Gasteiger partial charge in [-0.25, -0.2) is 4.39 Å². The van der Waals surface area contributed by atoms with E-state index in [4.69, 9.17) is 4.74 Å². The summed E-state index contributed by atoms with van der Waals surface area (Å²) in [5, 5.41) is 0. The van der Waals surface area contributed by atoms with Crippen LogP contribution in [0.1, 0.15) is 15.2 Å². The molecule has 1 aromatic carbocycles. The van der Waals surface area contributed by atoms with Crippen molar-refractivity contribution < 1.29 is 13.9 Å². The summed E-state index contributed by atoms with van der Waals surface area (Å²) in [5.41, 5.74) is 0.238. The first kappa shape index (κ1) is 12.3. The molecule has 0 aliphatic carbocycles. The van der Waals surface area contributed by atoms with Gasteiger partial charge in [0.2, 0.25) is 5.78 Å². The first-order valence-electron chi connectivity index (χ1n) is 4.75. The zero-order valence-corrected chi connectivity index (χ0v) is 11.3. The third-order valence-corrected chi connectivity index (χ3v) is 3.83. The molecule has 2 rings (SSSR count). The summed E-state index contributed by atoms with van der Waals surface area (Å²) in [7, 11) is 1.45. The summed E-state index contributed by atoms with van der Waals surface area (Å²) in [4.78, 5) is 12.7. The number of hydrogen-bond acceptors (Lipinski definition) is 3. The maximum atomic E-state index is 13.2. The number of halogens is 2. The minimum Gasteiger partial charge on any atom is -0.496 e. The van der Waals surface area contributed by atoms with Gasteiger partial charge in [-0.2, -0.15) is 0 Å². The summed E-state index contributed by atoms with van der Waals surface area (Å²) in [6.07, 6.45) is 0. The van der Waals surface area contributed by atoms with Crippen LogP contribution in [-0.2, 0) is 0 Å². The van der Waals surface area contributed by atoms with Crippen LogP contribution >= 0.6 is 27.3 Å². The van der Waals surface area contributed by atoms with Gasteiger partial charge < -0.3 is 4.74 Å². The lowest BCUT2D eigenvalue weighted by Gasteiger charge is -2.06. The Morgan fingerprint density at radius 1 is 1.35 bits per heavy atom. The molecule has 0 atom stereocenters. The van der Waals surface area contributed by atoms with Gasteiger partial charge in [-0.3, -0.25) is 4.79 Å². The molecule has 0 saturated carbocycles. The Morgan fingerprint density at radius 3 is 2.71 bits per heavy atom. The maximum Gasteiger partial charge on any atom is 0.206 e. The van der Waals surface area contributed by atoms with E-state index in [1.54, 1.807) is 12.1 Å². The van der Waals surface area contributed by atoms with Crippen molar-refractivity contribution in [3.05, 3.63) is 50.4 Å². The predicted molar refractivity (Wildman–Crippen MR) is 68.4 cm³/mol. The zero-order chi connectivity index (χ0) is 12.4. The molecule has 88 valence electrons. The number of rotatable bonds is 3. The van der Waals surface area contributed by atoms with E-state index in [0.29, 0.717) is 10.6 Å². The SMILES string of the molecule is COc1ccc(F)cc1C(=O)c1ccc(Br)s1. The lowest BCUT2D eigenvalue weighted by Crippen LogP contribution is -2.02. The topological polar surface area (TPSA) is 26.3 Å². The molecule has 0 spiro atoms. The van der Waals surface area contributed by atoms with E-state index in [2.05, 4.69) is 15.9 Å². The lowest BCUT2D eigenvalue weighted by molar-refractivity contribution is 0.103. The van der Waals surface area contributed by atoms with Crippen LogP contribution in [0, 0.1) is 5.82 Å². The Kier molecular flexibility index (Phi) is 3.59. The van der Waals surface area contributed by atoms with E-state index in [9.17, 15) is 9.18 Å². The number of ether oxygens (including phenoxy) is 1. The fourth-order valence-electron chi connectivity index (χ4n) is 1.43. The van der Waals surface area contributed by atoms with Gasteiger partial charge in [-0.1, -0.05) is 0 Å². The summed E-state index contributed by atoms with van der Waals surface area (Å²) < 4.78 is 19.1. The second-order valence-electron chi connectivity index (χ2n) is 3.28. The molecule has 0 radical (unpaired) electrons. The van der Waals surface area contributed by atoms with E-state index in [-0.39, 0.29) is 11.3 Å².